The molecule has 0 bridgehead atoms. The van der Waals surface area contributed by atoms with Gasteiger partial charge in [0.1, 0.15) is 0 Å². The summed E-state index contributed by atoms with van der Waals surface area (Å²) in [6.07, 6.45) is 0. The van der Waals surface area contributed by atoms with Crippen LogP contribution in [0.4, 0.5) is 0 Å². The van der Waals surface area contributed by atoms with Crippen molar-refractivity contribution in [1.82, 2.24) is 14.9 Å². The average molecular weight is 280 g/mol. The first-order valence-electron chi connectivity index (χ1n) is 5.14. The van der Waals surface area contributed by atoms with Gasteiger partial charge in [0.2, 0.25) is 5.16 Å². The SMILES string of the molecule is CC(C#N)Sc1nnc(-c2cccc(Cl)c2)n1N. The van der Waals surface area contributed by atoms with Gasteiger partial charge in [-0.05, 0) is 19.1 Å². The standard InChI is InChI=1S/C11H10ClN5S/c1-7(6-13)18-11-16-15-10(17(11)14)8-3-2-4-9(12)5-8/h2-5,7H,14H2,1H3. The van der Waals surface area contributed by atoms with E-state index in [0.717, 1.165) is 5.56 Å². The summed E-state index contributed by atoms with van der Waals surface area (Å²) in [5, 5.41) is 17.6. The molecule has 5 nitrogen and oxygen atoms in total. The summed E-state index contributed by atoms with van der Waals surface area (Å²) in [5.74, 6) is 6.43. The minimum Gasteiger partial charge on any atom is -0.335 e. The number of nitrogens with zero attached hydrogens (tertiary/aromatic N) is 4. The molecule has 2 N–H and O–H groups in total. The van der Waals surface area contributed by atoms with Gasteiger partial charge >= 0.3 is 0 Å². The first-order chi connectivity index (χ1) is 8.61. The molecule has 0 saturated heterocycles. The number of rotatable bonds is 3. The molecule has 92 valence electrons. The highest BCUT2D eigenvalue weighted by atomic mass is 35.5. The molecule has 0 aliphatic heterocycles. The molecular weight excluding hydrogens is 270 g/mol. The average Bonchev–Trinajstić information content (AvgIpc) is 2.71. The van der Waals surface area contributed by atoms with Gasteiger partial charge in [0.25, 0.3) is 0 Å². The Bertz CT molecular complexity index is 604. The van der Waals surface area contributed by atoms with Crippen molar-refractivity contribution in [2.24, 2.45) is 0 Å². The number of hydrogen-bond donors (Lipinski definition) is 1. The number of thioether (sulfide) groups is 1. The lowest BCUT2D eigenvalue weighted by molar-refractivity contribution is 0.848. The van der Waals surface area contributed by atoms with Crippen LogP contribution in [0.25, 0.3) is 11.4 Å². The van der Waals surface area contributed by atoms with Crippen molar-refractivity contribution >= 4 is 23.4 Å². The smallest absolute Gasteiger partial charge is 0.211 e. The Balaban J connectivity index is 2.34. The maximum atomic E-state index is 8.76. The molecule has 0 amide bonds. The first-order valence-corrected chi connectivity index (χ1v) is 6.40. The summed E-state index contributed by atoms with van der Waals surface area (Å²) in [6, 6.07) is 9.30. The molecule has 1 aromatic heterocycles. The van der Waals surface area contributed by atoms with Gasteiger partial charge in [0, 0.05) is 10.6 Å². The van der Waals surface area contributed by atoms with E-state index in [0.29, 0.717) is 16.0 Å². The maximum absolute atomic E-state index is 8.76. The highest BCUT2D eigenvalue weighted by Crippen LogP contribution is 2.25. The molecule has 1 aromatic carbocycles. The summed E-state index contributed by atoms with van der Waals surface area (Å²) in [6.45, 7) is 1.78. The number of nitriles is 1. The van der Waals surface area contributed by atoms with E-state index in [2.05, 4.69) is 16.3 Å². The molecule has 0 saturated carbocycles. The first kappa shape index (κ1) is 12.7. The minimum atomic E-state index is -0.233. The van der Waals surface area contributed by atoms with E-state index in [1.54, 1.807) is 19.1 Å². The largest absolute Gasteiger partial charge is 0.335 e. The summed E-state index contributed by atoms with van der Waals surface area (Å²) in [4.78, 5) is 0. The molecular formula is C11H10ClN5S. The van der Waals surface area contributed by atoms with Gasteiger partial charge in [0.05, 0.1) is 11.3 Å². The normalized spacial score (nSPS) is 12.1. The number of nitrogen functional groups attached to an aromatic ring is 1. The molecule has 0 fully saturated rings. The van der Waals surface area contributed by atoms with Crippen LogP contribution in [0.2, 0.25) is 5.02 Å². The predicted molar refractivity (Wildman–Crippen MR) is 71.6 cm³/mol. The van der Waals surface area contributed by atoms with E-state index in [-0.39, 0.29) is 5.25 Å². The van der Waals surface area contributed by atoms with Crippen LogP contribution in [0.1, 0.15) is 6.92 Å². The van der Waals surface area contributed by atoms with Crippen LogP contribution < -0.4 is 5.84 Å². The van der Waals surface area contributed by atoms with Crippen LogP contribution in [0, 0.1) is 11.3 Å². The minimum absolute atomic E-state index is 0.233. The van der Waals surface area contributed by atoms with Gasteiger partial charge in [-0.25, -0.2) is 4.68 Å². The molecule has 1 heterocycles. The third-order valence-electron chi connectivity index (χ3n) is 2.21. The zero-order valence-electron chi connectivity index (χ0n) is 9.54. The highest BCUT2D eigenvalue weighted by molar-refractivity contribution is 8.00. The van der Waals surface area contributed by atoms with Crippen molar-refractivity contribution < 1.29 is 0 Å². The summed E-state index contributed by atoms with van der Waals surface area (Å²) >= 11 is 7.17. The fraction of sp³-hybridized carbons (Fsp3) is 0.182. The van der Waals surface area contributed by atoms with Crippen molar-refractivity contribution in [3.05, 3.63) is 29.3 Å². The lowest BCUT2D eigenvalue weighted by Crippen LogP contribution is -2.12. The van der Waals surface area contributed by atoms with Gasteiger partial charge < -0.3 is 5.84 Å². The number of benzene rings is 1. The quantitative estimate of drug-likeness (QED) is 0.689. The Hall–Kier alpha value is -1.71. The molecule has 7 heteroatoms. The Morgan fingerprint density at radius 3 is 2.94 bits per heavy atom. The van der Waals surface area contributed by atoms with Gasteiger partial charge in [-0.15, -0.1) is 10.2 Å². The van der Waals surface area contributed by atoms with Gasteiger partial charge in [0.15, 0.2) is 5.82 Å². The molecule has 1 unspecified atom stereocenters. The highest BCUT2D eigenvalue weighted by Gasteiger charge is 2.14. The topological polar surface area (TPSA) is 80.5 Å². The van der Waals surface area contributed by atoms with E-state index in [1.165, 1.54) is 16.4 Å². The van der Waals surface area contributed by atoms with Crippen LogP contribution in [-0.2, 0) is 0 Å². The molecule has 0 radical (unpaired) electrons. The van der Waals surface area contributed by atoms with Crippen molar-refractivity contribution in [3.8, 4) is 17.5 Å². The Labute approximate surface area is 114 Å². The Morgan fingerprint density at radius 2 is 2.28 bits per heavy atom. The fourth-order valence-electron chi connectivity index (χ4n) is 1.37. The Kier molecular flexibility index (Phi) is 3.75. The second-order valence-corrected chi connectivity index (χ2v) is 5.32. The van der Waals surface area contributed by atoms with Crippen molar-refractivity contribution in [2.45, 2.75) is 17.3 Å². The summed E-state index contributed by atoms with van der Waals surface area (Å²) in [5.41, 5.74) is 0.786. The summed E-state index contributed by atoms with van der Waals surface area (Å²) in [7, 11) is 0. The van der Waals surface area contributed by atoms with Crippen molar-refractivity contribution in [3.63, 3.8) is 0 Å². The van der Waals surface area contributed by atoms with Crippen LogP contribution in [0.15, 0.2) is 29.4 Å². The molecule has 2 rings (SSSR count). The lowest BCUT2D eigenvalue weighted by Gasteiger charge is -2.04. The van der Waals surface area contributed by atoms with E-state index < -0.39 is 0 Å². The van der Waals surface area contributed by atoms with Crippen LogP contribution in [0.3, 0.4) is 0 Å². The maximum Gasteiger partial charge on any atom is 0.211 e. The van der Waals surface area contributed by atoms with E-state index in [9.17, 15) is 0 Å². The second-order valence-electron chi connectivity index (χ2n) is 3.58. The monoisotopic (exact) mass is 279 g/mol. The van der Waals surface area contributed by atoms with Crippen molar-refractivity contribution in [2.75, 3.05) is 5.84 Å². The van der Waals surface area contributed by atoms with E-state index in [1.807, 2.05) is 12.1 Å². The fourth-order valence-corrected chi connectivity index (χ4v) is 2.21. The zero-order chi connectivity index (χ0) is 13.1. The molecule has 2 aromatic rings. The molecule has 0 aliphatic carbocycles. The van der Waals surface area contributed by atoms with Crippen LogP contribution in [-0.4, -0.2) is 20.1 Å². The van der Waals surface area contributed by atoms with Gasteiger partial charge in [-0.2, -0.15) is 5.26 Å². The van der Waals surface area contributed by atoms with Crippen LogP contribution in [0.5, 0.6) is 0 Å². The number of hydrogen-bond acceptors (Lipinski definition) is 5. The third-order valence-corrected chi connectivity index (χ3v) is 3.39. The third kappa shape index (κ3) is 2.58. The zero-order valence-corrected chi connectivity index (χ0v) is 11.1. The number of nitrogens with two attached hydrogens (primary N) is 1. The number of halogens is 1. The molecule has 0 spiro atoms. The molecule has 18 heavy (non-hydrogen) atoms. The molecule has 0 aliphatic rings. The lowest BCUT2D eigenvalue weighted by atomic mass is 10.2. The summed E-state index contributed by atoms with van der Waals surface area (Å²) < 4.78 is 1.37. The van der Waals surface area contributed by atoms with Gasteiger partial charge in [-0.3, -0.25) is 0 Å². The van der Waals surface area contributed by atoms with E-state index >= 15 is 0 Å². The number of aromatic nitrogens is 3. The second kappa shape index (κ2) is 5.29. The van der Waals surface area contributed by atoms with Crippen LogP contribution >= 0.6 is 23.4 Å². The van der Waals surface area contributed by atoms with E-state index in [4.69, 9.17) is 22.7 Å². The Morgan fingerprint density at radius 1 is 1.50 bits per heavy atom. The predicted octanol–water partition coefficient (Wildman–Crippen LogP) is 2.32. The van der Waals surface area contributed by atoms with Gasteiger partial charge in [-0.1, -0.05) is 35.5 Å². The molecule has 1 atom stereocenters. The van der Waals surface area contributed by atoms with Crippen molar-refractivity contribution in [1.29, 1.82) is 5.26 Å².